The van der Waals surface area contributed by atoms with Crippen LogP contribution in [0.1, 0.15) is 99.3 Å². The van der Waals surface area contributed by atoms with Crippen molar-refractivity contribution in [3.05, 3.63) is 11.6 Å². The molecule has 4 aliphatic rings. The Labute approximate surface area is 184 Å². The normalized spacial score (nSPS) is 46.9. The molecule has 3 aliphatic carbocycles. The van der Waals surface area contributed by atoms with Gasteiger partial charge in [-0.15, -0.1) is 0 Å². The number of ether oxygens (including phenoxy) is 1. The second kappa shape index (κ2) is 7.64. The summed E-state index contributed by atoms with van der Waals surface area (Å²) in [6.45, 7) is 14.0. The van der Waals surface area contributed by atoms with Crippen molar-refractivity contribution in [1.82, 2.24) is 0 Å². The van der Waals surface area contributed by atoms with Crippen molar-refractivity contribution in [2.24, 2.45) is 46.3 Å². The second-order valence-electron chi connectivity index (χ2n) is 12.0. The van der Waals surface area contributed by atoms with Crippen molar-refractivity contribution in [1.29, 1.82) is 0 Å². The van der Waals surface area contributed by atoms with Gasteiger partial charge in [-0.1, -0.05) is 46.3 Å². The van der Waals surface area contributed by atoms with E-state index in [-0.39, 0.29) is 5.97 Å². The Balaban J connectivity index is 1.50. The number of carbonyl (C=O) groups is 1. The highest BCUT2D eigenvalue weighted by atomic mass is 16.7. The summed E-state index contributed by atoms with van der Waals surface area (Å²) in [4.78, 5) is 12.1. The highest BCUT2D eigenvalue weighted by molar-refractivity contribution is 5.73. The maximum absolute atomic E-state index is 12.1. The van der Waals surface area contributed by atoms with Crippen LogP contribution in [-0.2, 0) is 9.53 Å². The molecule has 1 aliphatic heterocycles. The molecule has 0 spiro atoms. The molecule has 8 atom stereocenters. The average Bonchev–Trinajstić information content (AvgIpc) is 3.14. The molecule has 0 radical (unpaired) electrons. The van der Waals surface area contributed by atoms with Gasteiger partial charge in [-0.3, -0.25) is 4.79 Å². The fraction of sp³-hybridized carbons (Fsp3) is 0.889. The van der Waals surface area contributed by atoms with Gasteiger partial charge >= 0.3 is 5.97 Å². The van der Waals surface area contributed by atoms with Crippen LogP contribution in [0, 0.1) is 46.3 Å². The summed E-state index contributed by atoms with van der Waals surface area (Å²) < 4.78 is 5.50. The van der Waals surface area contributed by atoms with Crippen LogP contribution in [0.4, 0.5) is 0 Å². The molecule has 0 aromatic carbocycles. The molecule has 4 fully saturated rings. The Morgan fingerprint density at radius 2 is 1.87 bits per heavy atom. The summed E-state index contributed by atoms with van der Waals surface area (Å²) >= 11 is 0. The Morgan fingerprint density at radius 3 is 2.53 bits per heavy atom. The van der Waals surface area contributed by atoms with Crippen LogP contribution in [0.25, 0.3) is 0 Å². The van der Waals surface area contributed by atoms with Crippen molar-refractivity contribution in [2.45, 2.75) is 105 Å². The summed E-state index contributed by atoms with van der Waals surface area (Å²) in [6.07, 6.45) is 12.0. The molecule has 170 valence electrons. The second-order valence-corrected chi connectivity index (χ2v) is 12.0. The lowest BCUT2D eigenvalue weighted by molar-refractivity contribution is -0.269. The summed E-state index contributed by atoms with van der Waals surface area (Å²) in [7, 11) is 0. The molecule has 3 nitrogen and oxygen atoms in total. The summed E-state index contributed by atoms with van der Waals surface area (Å²) in [5.41, 5.74) is 1.63. The van der Waals surface area contributed by atoms with E-state index in [0.717, 1.165) is 30.6 Å². The number of hydrogen-bond acceptors (Lipinski definition) is 3. The lowest BCUT2D eigenvalue weighted by atomic mass is 9.47. The third-order valence-electron chi connectivity index (χ3n) is 10.5. The third kappa shape index (κ3) is 3.21. The van der Waals surface area contributed by atoms with Crippen molar-refractivity contribution >= 4 is 5.97 Å². The Kier molecular flexibility index (Phi) is 5.70. The van der Waals surface area contributed by atoms with Gasteiger partial charge in [-0.05, 0) is 92.8 Å². The maximum Gasteiger partial charge on any atom is 0.309 e. The summed E-state index contributed by atoms with van der Waals surface area (Å²) in [6, 6.07) is 0. The first-order valence-corrected chi connectivity index (χ1v) is 12.6. The van der Waals surface area contributed by atoms with E-state index in [1.807, 2.05) is 0 Å². The number of fused-ring (bicyclic) bond motifs is 5. The topological polar surface area (TPSA) is 46.5 Å². The predicted molar refractivity (Wildman–Crippen MR) is 121 cm³/mol. The van der Waals surface area contributed by atoms with Gasteiger partial charge in [0.15, 0.2) is 0 Å². The van der Waals surface area contributed by atoms with Gasteiger partial charge in [0, 0.05) is 11.8 Å². The minimum absolute atomic E-state index is 0.197. The number of aliphatic hydroxyl groups is 1. The molecule has 1 N–H and O–H groups in total. The lowest BCUT2D eigenvalue weighted by Gasteiger charge is -2.58. The average molecular weight is 417 g/mol. The van der Waals surface area contributed by atoms with E-state index in [0.29, 0.717) is 36.0 Å². The van der Waals surface area contributed by atoms with E-state index < -0.39 is 11.2 Å². The van der Waals surface area contributed by atoms with Crippen molar-refractivity contribution in [2.75, 3.05) is 0 Å². The Bertz CT molecular complexity index is 711. The van der Waals surface area contributed by atoms with Crippen LogP contribution in [-0.4, -0.2) is 16.9 Å². The highest BCUT2D eigenvalue weighted by Gasteiger charge is 2.68. The quantitative estimate of drug-likeness (QED) is 0.411. The zero-order valence-corrected chi connectivity index (χ0v) is 20.2. The van der Waals surface area contributed by atoms with Crippen LogP contribution < -0.4 is 0 Å². The molecule has 0 amide bonds. The zero-order valence-electron chi connectivity index (χ0n) is 20.2. The Hall–Kier alpha value is -0.830. The number of esters is 1. The smallest absolute Gasteiger partial charge is 0.309 e. The molecular weight excluding hydrogens is 372 g/mol. The van der Waals surface area contributed by atoms with Crippen molar-refractivity contribution < 1.29 is 14.6 Å². The molecule has 1 heterocycles. The van der Waals surface area contributed by atoms with Gasteiger partial charge in [0.25, 0.3) is 0 Å². The SMILES string of the molecule is C/C=C(\CC[C@@H](C)[C@H]1CC[C@H]2[C@@H]3CC[C@@]4(O)OC(=O)C[C@]4(C)[C@H]3CC[C@]12C)C(C)C. The third-order valence-corrected chi connectivity index (χ3v) is 10.5. The summed E-state index contributed by atoms with van der Waals surface area (Å²) in [5, 5.41) is 11.2. The molecule has 3 saturated carbocycles. The number of rotatable bonds is 5. The number of hydrogen-bond donors (Lipinski definition) is 1. The van der Waals surface area contributed by atoms with Crippen LogP contribution in [0.2, 0.25) is 0 Å². The zero-order chi connectivity index (χ0) is 21.9. The molecule has 3 heteroatoms. The standard InChI is InChI=1S/C27H44O3/c1-7-19(17(2)3)9-8-18(4)21-10-11-22-20-12-15-27(29)26(6,16-24(28)30-27)23(20)13-14-25(21,22)5/h7,17-18,20-23,29H,8-16H2,1-6H3/b19-7+/t18-,20+,21-,22+,23+,25-,26-,27-/m1/s1. The van der Waals surface area contributed by atoms with E-state index in [1.54, 1.807) is 5.57 Å². The number of carbonyl (C=O) groups excluding carboxylic acids is 1. The van der Waals surface area contributed by atoms with Gasteiger partial charge in [-0.2, -0.15) is 0 Å². The Morgan fingerprint density at radius 1 is 1.13 bits per heavy atom. The van der Waals surface area contributed by atoms with Crippen LogP contribution >= 0.6 is 0 Å². The fourth-order valence-electron chi connectivity index (χ4n) is 8.72. The molecule has 0 unspecified atom stereocenters. The van der Waals surface area contributed by atoms with E-state index in [4.69, 9.17) is 4.74 Å². The first kappa shape index (κ1) is 22.4. The monoisotopic (exact) mass is 416 g/mol. The van der Waals surface area contributed by atoms with Gasteiger partial charge in [0.05, 0.1) is 6.42 Å². The summed E-state index contributed by atoms with van der Waals surface area (Å²) in [5.74, 6) is 2.62. The first-order chi connectivity index (χ1) is 14.1. The van der Waals surface area contributed by atoms with Gasteiger partial charge < -0.3 is 9.84 Å². The van der Waals surface area contributed by atoms with Crippen molar-refractivity contribution in [3.8, 4) is 0 Å². The van der Waals surface area contributed by atoms with E-state index in [2.05, 4.69) is 47.6 Å². The van der Waals surface area contributed by atoms with Gasteiger partial charge in [0.2, 0.25) is 5.79 Å². The number of allylic oxidation sites excluding steroid dienone is 2. The fourth-order valence-corrected chi connectivity index (χ4v) is 8.72. The minimum Gasteiger partial charge on any atom is -0.433 e. The molecule has 30 heavy (non-hydrogen) atoms. The first-order valence-electron chi connectivity index (χ1n) is 12.6. The van der Waals surface area contributed by atoms with E-state index in [1.165, 1.54) is 32.1 Å². The van der Waals surface area contributed by atoms with Crippen LogP contribution in [0.15, 0.2) is 11.6 Å². The molecule has 0 aromatic heterocycles. The van der Waals surface area contributed by atoms with Crippen LogP contribution in [0.3, 0.4) is 0 Å². The van der Waals surface area contributed by atoms with Crippen molar-refractivity contribution in [3.63, 3.8) is 0 Å². The van der Waals surface area contributed by atoms with E-state index in [9.17, 15) is 9.90 Å². The van der Waals surface area contributed by atoms with Gasteiger partial charge in [0.1, 0.15) is 0 Å². The minimum atomic E-state index is -1.22. The van der Waals surface area contributed by atoms with E-state index >= 15 is 0 Å². The largest absolute Gasteiger partial charge is 0.433 e. The molecule has 0 bridgehead atoms. The molecule has 1 saturated heterocycles. The lowest BCUT2D eigenvalue weighted by Crippen LogP contribution is -2.58. The highest BCUT2D eigenvalue weighted by Crippen LogP contribution is 2.69. The molecule has 4 rings (SSSR count). The molecular formula is C27H44O3. The van der Waals surface area contributed by atoms with Gasteiger partial charge in [-0.25, -0.2) is 0 Å². The maximum atomic E-state index is 12.1. The predicted octanol–water partition coefficient (Wildman–Crippen LogP) is 6.50. The molecule has 0 aromatic rings. The van der Waals surface area contributed by atoms with Crippen LogP contribution in [0.5, 0.6) is 0 Å².